The van der Waals surface area contributed by atoms with Crippen LogP contribution in [0.4, 0.5) is 11.4 Å². The lowest BCUT2D eigenvalue weighted by Crippen LogP contribution is -2.20. The van der Waals surface area contributed by atoms with E-state index >= 15 is 0 Å². The first-order valence-electron chi connectivity index (χ1n) is 11.6. The van der Waals surface area contributed by atoms with Gasteiger partial charge in [0.1, 0.15) is 5.75 Å². The molecular formula is C29H41NO. The molecule has 0 bridgehead atoms. The van der Waals surface area contributed by atoms with Crippen LogP contribution in [0.1, 0.15) is 68.2 Å². The highest BCUT2D eigenvalue weighted by atomic mass is 16.5. The molecule has 2 aromatic carbocycles. The van der Waals surface area contributed by atoms with Gasteiger partial charge in [-0.15, -0.1) is 0 Å². The molecule has 0 aromatic heterocycles. The van der Waals surface area contributed by atoms with Crippen LogP contribution in [0.3, 0.4) is 0 Å². The number of para-hydroxylation sites is 1. The zero-order valence-corrected chi connectivity index (χ0v) is 20.8. The van der Waals surface area contributed by atoms with Crippen LogP contribution in [0.25, 0.3) is 0 Å². The molecule has 0 fully saturated rings. The van der Waals surface area contributed by atoms with Gasteiger partial charge in [0.15, 0.2) is 0 Å². The molecule has 0 unspecified atom stereocenters. The quantitative estimate of drug-likeness (QED) is 0.479. The lowest BCUT2D eigenvalue weighted by molar-refractivity contribution is 0.198. The average Bonchev–Trinajstić information content (AvgIpc) is 2.75. The third-order valence-corrected chi connectivity index (χ3v) is 5.16. The summed E-state index contributed by atoms with van der Waals surface area (Å²) in [6, 6.07) is 19.1. The van der Waals surface area contributed by atoms with Crippen LogP contribution in [0.5, 0.6) is 5.75 Å². The first-order valence-corrected chi connectivity index (χ1v) is 11.6. The first kappa shape index (κ1) is 24.8. The molecule has 0 aliphatic heterocycles. The summed E-state index contributed by atoms with van der Waals surface area (Å²) >= 11 is 0. The average molecular weight is 420 g/mol. The molecular weight excluding hydrogens is 378 g/mol. The largest absolute Gasteiger partial charge is 0.493 e. The van der Waals surface area contributed by atoms with Crippen LogP contribution in [0.15, 0.2) is 78.0 Å². The summed E-state index contributed by atoms with van der Waals surface area (Å²) in [5, 5.41) is 0. The molecule has 0 atom stereocenters. The van der Waals surface area contributed by atoms with Crippen molar-refractivity contribution in [2.75, 3.05) is 11.5 Å². The van der Waals surface area contributed by atoms with Gasteiger partial charge in [0, 0.05) is 17.1 Å². The molecule has 168 valence electrons. The van der Waals surface area contributed by atoms with E-state index < -0.39 is 0 Å². The van der Waals surface area contributed by atoms with Gasteiger partial charge in [-0.05, 0) is 66.1 Å². The van der Waals surface area contributed by atoms with Gasteiger partial charge in [-0.1, -0.05) is 85.2 Å². The Labute approximate surface area is 190 Å². The maximum absolute atomic E-state index is 5.97. The van der Waals surface area contributed by atoms with E-state index in [4.69, 9.17) is 4.74 Å². The van der Waals surface area contributed by atoms with Crippen molar-refractivity contribution in [2.24, 2.45) is 10.8 Å². The summed E-state index contributed by atoms with van der Waals surface area (Å²) in [4.78, 5) is 2.36. The second-order valence-electron chi connectivity index (χ2n) is 10.1. The van der Waals surface area contributed by atoms with Crippen molar-refractivity contribution in [3.05, 3.63) is 78.0 Å². The van der Waals surface area contributed by atoms with E-state index in [2.05, 4.69) is 113 Å². The van der Waals surface area contributed by atoms with Gasteiger partial charge in [-0.25, -0.2) is 0 Å². The molecule has 31 heavy (non-hydrogen) atoms. The Balaban J connectivity index is 0.00000166. The van der Waals surface area contributed by atoms with Gasteiger partial charge < -0.3 is 9.64 Å². The fourth-order valence-corrected chi connectivity index (χ4v) is 3.49. The van der Waals surface area contributed by atoms with Gasteiger partial charge in [0.2, 0.25) is 0 Å². The minimum Gasteiger partial charge on any atom is -0.493 e. The van der Waals surface area contributed by atoms with E-state index in [0.29, 0.717) is 6.61 Å². The van der Waals surface area contributed by atoms with Gasteiger partial charge in [0.05, 0.1) is 6.61 Å². The van der Waals surface area contributed by atoms with Gasteiger partial charge in [-0.2, -0.15) is 0 Å². The molecule has 0 saturated carbocycles. The van der Waals surface area contributed by atoms with Crippen molar-refractivity contribution in [1.29, 1.82) is 0 Å². The van der Waals surface area contributed by atoms with Crippen molar-refractivity contribution in [2.45, 2.75) is 68.2 Å². The summed E-state index contributed by atoms with van der Waals surface area (Å²) < 4.78 is 5.97. The first-order chi connectivity index (χ1) is 14.6. The zero-order chi connectivity index (χ0) is 23.1. The zero-order valence-electron chi connectivity index (χ0n) is 20.8. The third-order valence-electron chi connectivity index (χ3n) is 5.16. The number of hydrogen-bond donors (Lipinski definition) is 0. The Kier molecular flexibility index (Phi) is 8.56. The number of nitrogens with zero attached hydrogens (tertiary/aromatic N) is 1. The van der Waals surface area contributed by atoms with E-state index in [1.54, 1.807) is 0 Å². The number of rotatable bonds is 5. The van der Waals surface area contributed by atoms with E-state index in [0.717, 1.165) is 24.3 Å². The molecule has 3 rings (SSSR count). The molecule has 0 amide bonds. The molecule has 2 aromatic rings. The number of allylic oxidation sites excluding steroid dienone is 4. The van der Waals surface area contributed by atoms with Crippen molar-refractivity contribution >= 4 is 11.4 Å². The SMILES string of the molecule is CC.CC(C)(C)COc1ccc(N(C2=CC=C(C(C)(C)C)CC2)c2ccccc2)cc1. The Morgan fingerprint density at radius 2 is 1.32 bits per heavy atom. The summed E-state index contributed by atoms with van der Waals surface area (Å²) in [5.41, 5.74) is 5.57. The van der Waals surface area contributed by atoms with Crippen LogP contribution in [-0.2, 0) is 0 Å². The monoisotopic (exact) mass is 419 g/mol. The van der Waals surface area contributed by atoms with Gasteiger partial charge in [0.25, 0.3) is 0 Å². The molecule has 0 spiro atoms. The maximum atomic E-state index is 5.97. The molecule has 0 heterocycles. The van der Waals surface area contributed by atoms with Gasteiger partial charge in [-0.3, -0.25) is 0 Å². The van der Waals surface area contributed by atoms with Crippen LogP contribution < -0.4 is 9.64 Å². The summed E-state index contributed by atoms with van der Waals surface area (Å²) in [7, 11) is 0. The predicted molar refractivity (Wildman–Crippen MR) is 136 cm³/mol. The Hall–Kier alpha value is -2.48. The van der Waals surface area contributed by atoms with E-state index in [-0.39, 0.29) is 10.8 Å². The molecule has 1 aliphatic carbocycles. The van der Waals surface area contributed by atoms with Crippen LogP contribution in [-0.4, -0.2) is 6.61 Å². The molecule has 0 saturated heterocycles. The summed E-state index contributed by atoms with van der Waals surface area (Å²) in [6.45, 7) is 18.2. The van der Waals surface area contributed by atoms with E-state index in [1.165, 1.54) is 17.0 Å². The number of benzene rings is 2. The van der Waals surface area contributed by atoms with Crippen molar-refractivity contribution in [3.63, 3.8) is 0 Å². The molecule has 2 nitrogen and oxygen atoms in total. The Bertz CT molecular complexity index is 862. The van der Waals surface area contributed by atoms with Crippen molar-refractivity contribution in [3.8, 4) is 5.75 Å². The fraction of sp³-hybridized carbons (Fsp3) is 0.448. The maximum Gasteiger partial charge on any atom is 0.119 e. The van der Waals surface area contributed by atoms with Crippen LogP contribution in [0.2, 0.25) is 0 Å². The highest BCUT2D eigenvalue weighted by Gasteiger charge is 2.22. The predicted octanol–water partition coefficient (Wildman–Crippen LogP) is 8.93. The summed E-state index contributed by atoms with van der Waals surface area (Å²) in [5.74, 6) is 0.921. The second kappa shape index (κ2) is 10.7. The minimum atomic E-state index is 0.152. The van der Waals surface area contributed by atoms with E-state index in [9.17, 15) is 0 Å². The number of hydrogen-bond acceptors (Lipinski definition) is 2. The standard InChI is InChI=1S/C27H35NO.C2H6/c1-26(2,3)20-29-25-18-16-24(17-19-25)28(22-10-8-7-9-11-22)23-14-12-21(13-15-23)27(4,5)6;1-2/h7-12,14,16-19H,13,15,20H2,1-6H3;1-2H3. The van der Waals surface area contributed by atoms with Crippen molar-refractivity contribution < 1.29 is 4.74 Å². The Morgan fingerprint density at radius 1 is 0.742 bits per heavy atom. The molecule has 0 N–H and O–H groups in total. The van der Waals surface area contributed by atoms with Crippen molar-refractivity contribution in [1.82, 2.24) is 0 Å². The smallest absolute Gasteiger partial charge is 0.119 e. The second-order valence-corrected chi connectivity index (χ2v) is 10.1. The molecule has 2 heteroatoms. The molecule has 0 radical (unpaired) electrons. The summed E-state index contributed by atoms with van der Waals surface area (Å²) in [6.07, 6.45) is 6.75. The number of anilines is 2. The fourth-order valence-electron chi connectivity index (χ4n) is 3.49. The third kappa shape index (κ3) is 7.31. The lowest BCUT2D eigenvalue weighted by atomic mass is 9.81. The van der Waals surface area contributed by atoms with Gasteiger partial charge >= 0.3 is 0 Å². The van der Waals surface area contributed by atoms with E-state index in [1.807, 2.05) is 13.8 Å². The number of ether oxygens (including phenoxy) is 1. The highest BCUT2D eigenvalue weighted by molar-refractivity contribution is 5.69. The normalized spacial score (nSPS) is 14.1. The lowest BCUT2D eigenvalue weighted by Gasteiger charge is -2.32. The highest BCUT2D eigenvalue weighted by Crippen LogP contribution is 2.38. The molecule has 1 aliphatic rings. The van der Waals surface area contributed by atoms with Crippen LogP contribution in [0, 0.1) is 10.8 Å². The minimum absolute atomic E-state index is 0.152. The topological polar surface area (TPSA) is 12.5 Å². The Morgan fingerprint density at radius 3 is 1.81 bits per heavy atom. The van der Waals surface area contributed by atoms with Crippen LogP contribution >= 0.6 is 0 Å².